The zero-order valence-electron chi connectivity index (χ0n) is 13.6. The Bertz CT molecular complexity index is 566. The average Bonchev–Trinajstić information content (AvgIpc) is 2.48. The molecule has 1 aliphatic heterocycles. The van der Waals surface area contributed by atoms with Crippen LogP contribution >= 0.6 is 7.75 Å². The van der Waals surface area contributed by atoms with Crippen LogP contribution in [-0.4, -0.2) is 40.1 Å². The summed E-state index contributed by atoms with van der Waals surface area (Å²) in [6.07, 6.45) is 6.82. The molecule has 2 fully saturated rings. The van der Waals surface area contributed by atoms with Gasteiger partial charge >= 0.3 is 7.75 Å². The summed E-state index contributed by atoms with van der Waals surface area (Å²) >= 11 is 0. The highest BCUT2D eigenvalue weighted by atomic mass is 31.2. The minimum absolute atomic E-state index is 0.224. The van der Waals surface area contributed by atoms with Gasteiger partial charge in [0.05, 0.1) is 0 Å². The number of nitrogens with zero attached hydrogens (tertiary/aromatic N) is 1. The molecule has 23 heavy (non-hydrogen) atoms. The zero-order valence-corrected chi connectivity index (χ0v) is 14.5. The van der Waals surface area contributed by atoms with E-state index in [0.717, 1.165) is 49.9 Å². The molecular weight excluding hydrogens is 315 g/mol. The largest absolute Gasteiger partial charge is 0.453 e. The Morgan fingerprint density at radius 1 is 1.48 bits per heavy atom. The van der Waals surface area contributed by atoms with Crippen molar-refractivity contribution < 1.29 is 19.1 Å². The van der Waals surface area contributed by atoms with Crippen LogP contribution in [-0.2, 0) is 9.09 Å². The van der Waals surface area contributed by atoms with E-state index in [-0.39, 0.29) is 5.76 Å². The maximum Gasteiger partial charge on any atom is 0.453 e. The third-order valence-corrected chi connectivity index (χ3v) is 5.70. The number of fused-ring (bicyclic) bond motifs is 2. The van der Waals surface area contributed by atoms with Crippen LogP contribution in [0.15, 0.2) is 23.0 Å². The molecule has 4 N–H and O–H groups in total. The minimum Gasteiger partial charge on any atom is -0.415 e. The lowest BCUT2D eigenvalue weighted by Gasteiger charge is -2.46. The second kappa shape index (κ2) is 6.69. The molecule has 4 atom stereocenters. The topological polar surface area (TPSA) is 96.0 Å². The van der Waals surface area contributed by atoms with Crippen molar-refractivity contribution in [3.05, 3.63) is 23.0 Å². The summed E-state index contributed by atoms with van der Waals surface area (Å²) in [5, 5.41) is 10.2. The van der Waals surface area contributed by atoms with Crippen molar-refractivity contribution in [1.82, 2.24) is 4.90 Å². The van der Waals surface area contributed by atoms with Gasteiger partial charge in [0.1, 0.15) is 11.9 Å². The van der Waals surface area contributed by atoms with Crippen molar-refractivity contribution in [2.45, 2.75) is 57.6 Å². The Labute approximate surface area is 137 Å². The van der Waals surface area contributed by atoms with E-state index in [2.05, 4.69) is 17.9 Å². The highest BCUT2D eigenvalue weighted by Crippen LogP contribution is 2.47. The highest BCUT2D eigenvalue weighted by Gasteiger charge is 2.40. The van der Waals surface area contributed by atoms with Crippen LogP contribution in [0.1, 0.15) is 45.4 Å². The SMILES string of the molecule is CCCN1CCC[C@@H]2CC3=C(OP(N)(=O)O)C(O)CC=C3C[C@H]21. The number of aliphatic hydroxyl groups excluding tert-OH is 1. The molecule has 2 unspecified atom stereocenters. The molecule has 0 radical (unpaired) electrons. The van der Waals surface area contributed by atoms with Gasteiger partial charge in [-0.1, -0.05) is 13.0 Å². The van der Waals surface area contributed by atoms with Crippen LogP contribution in [0.25, 0.3) is 0 Å². The van der Waals surface area contributed by atoms with Gasteiger partial charge in [0.25, 0.3) is 0 Å². The summed E-state index contributed by atoms with van der Waals surface area (Å²) in [5.41, 5.74) is 7.22. The molecule has 0 aromatic carbocycles. The number of likely N-dealkylation sites (tertiary alicyclic amines) is 1. The quantitative estimate of drug-likeness (QED) is 0.679. The highest BCUT2D eigenvalue weighted by molar-refractivity contribution is 7.50. The Balaban J connectivity index is 1.87. The maximum absolute atomic E-state index is 11.5. The van der Waals surface area contributed by atoms with Crippen LogP contribution in [0.5, 0.6) is 0 Å². The Morgan fingerprint density at radius 2 is 2.26 bits per heavy atom. The van der Waals surface area contributed by atoms with E-state index in [0.29, 0.717) is 18.4 Å². The zero-order chi connectivity index (χ0) is 16.6. The van der Waals surface area contributed by atoms with E-state index in [9.17, 15) is 14.6 Å². The summed E-state index contributed by atoms with van der Waals surface area (Å²) in [6, 6.07) is 0.536. The molecule has 0 aromatic rings. The van der Waals surface area contributed by atoms with E-state index in [1.807, 2.05) is 0 Å². The molecule has 1 heterocycles. The summed E-state index contributed by atoms with van der Waals surface area (Å²) < 4.78 is 16.5. The van der Waals surface area contributed by atoms with E-state index in [4.69, 9.17) is 10.0 Å². The van der Waals surface area contributed by atoms with Gasteiger partial charge in [0.2, 0.25) is 0 Å². The number of nitrogens with two attached hydrogens (primary N) is 1. The molecule has 0 aromatic heterocycles. The second-order valence-corrected chi connectivity index (χ2v) is 8.20. The predicted molar refractivity (Wildman–Crippen MR) is 88.4 cm³/mol. The number of piperidine rings is 1. The standard InChI is InChI=1S/C16H27N2O4P/c1-2-7-18-8-3-4-12-9-13-11(10-14(12)18)5-6-15(19)16(13)22-23(17,20)21/h5,12,14-15,19H,2-4,6-10H2,1H3,(H3,17,20,21)/t12-,14-,15?/m1/s1. The summed E-state index contributed by atoms with van der Waals surface area (Å²) in [6.45, 7) is 4.48. The monoisotopic (exact) mass is 342 g/mol. The lowest BCUT2D eigenvalue weighted by Crippen LogP contribution is -2.48. The van der Waals surface area contributed by atoms with Crippen molar-refractivity contribution >= 4 is 7.75 Å². The number of rotatable bonds is 4. The van der Waals surface area contributed by atoms with E-state index in [1.165, 1.54) is 6.42 Å². The molecule has 3 aliphatic rings. The minimum atomic E-state index is -4.15. The normalized spacial score (nSPS) is 34.3. The molecule has 0 spiro atoms. The van der Waals surface area contributed by atoms with Gasteiger partial charge < -0.3 is 14.5 Å². The average molecular weight is 342 g/mol. The Morgan fingerprint density at radius 3 is 2.96 bits per heavy atom. The Hall–Kier alpha value is -0.650. The molecule has 1 saturated heterocycles. The van der Waals surface area contributed by atoms with E-state index < -0.39 is 13.9 Å². The smallest absolute Gasteiger partial charge is 0.415 e. The fourth-order valence-corrected chi connectivity index (χ4v) is 4.85. The molecule has 7 heteroatoms. The van der Waals surface area contributed by atoms with Crippen LogP contribution in [0.3, 0.4) is 0 Å². The van der Waals surface area contributed by atoms with Crippen LogP contribution in [0.4, 0.5) is 0 Å². The van der Waals surface area contributed by atoms with Crippen LogP contribution in [0, 0.1) is 5.92 Å². The fraction of sp³-hybridized carbons (Fsp3) is 0.750. The van der Waals surface area contributed by atoms with Gasteiger partial charge in [-0.2, -0.15) is 0 Å². The number of hydrogen-bond donors (Lipinski definition) is 3. The summed E-state index contributed by atoms with van der Waals surface area (Å²) in [7, 11) is -4.15. The van der Waals surface area contributed by atoms with Crippen molar-refractivity contribution in [2.24, 2.45) is 11.4 Å². The molecule has 0 bridgehead atoms. The number of allylic oxidation sites excluding steroid dienone is 1. The first kappa shape index (κ1) is 17.2. The molecule has 2 aliphatic carbocycles. The first-order valence-corrected chi connectivity index (χ1v) is 10.2. The molecule has 1 saturated carbocycles. The van der Waals surface area contributed by atoms with E-state index >= 15 is 0 Å². The van der Waals surface area contributed by atoms with Crippen molar-refractivity contribution in [2.75, 3.05) is 13.1 Å². The van der Waals surface area contributed by atoms with Crippen molar-refractivity contribution in [3.8, 4) is 0 Å². The van der Waals surface area contributed by atoms with Crippen LogP contribution < -0.4 is 5.50 Å². The van der Waals surface area contributed by atoms with Gasteiger partial charge in [0.15, 0.2) is 0 Å². The van der Waals surface area contributed by atoms with Gasteiger partial charge in [-0.05, 0) is 68.7 Å². The number of aliphatic hydroxyl groups is 1. The lowest BCUT2D eigenvalue weighted by molar-refractivity contribution is 0.0798. The third-order valence-electron chi connectivity index (χ3n) is 5.24. The first-order chi connectivity index (χ1) is 10.9. The molecule has 6 nitrogen and oxygen atoms in total. The maximum atomic E-state index is 11.5. The molecule has 130 valence electrons. The molecule has 3 rings (SSSR count). The van der Waals surface area contributed by atoms with E-state index in [1.54, 1.807) is 0 Å². The predicted octanol–water partition coefficient (Wildman–Crippen LogP) is 2.29. The molecular formula is C16H27N2O4P. The van der Waals surface area contributed by atoms with Crippen LogP contribution in [0.2, 0.25) is 0 Å². The van der Waals surface area contributed by atoms with Gasteiger partial charge in [-0.3, -0.25) is 4.90 Å². The number of hydrogen-bond acceptors (Lipinski definition) is 4. The van der Waals surface area contributed by atoms with Crippen molar-refractivity contribution in [1.29, 1.82) is 0 Å². The summed E-state index contributed by atoms with van der Waals surface area (Å²) in [5.74, 6) is 0.740. The molecule has 0 amide bonds. The lowest BCUT2D eigenvalue weighted by atomic mass is 9.71. The second-order valence-electron chi connectivity index (χ2n) is 6.89. The third kappa shape index (κ3) is 3.72. The first-order valence-electron chi connectivity index (χ1n) is 8.54. The summed E-state index contributed by atoms with van der Waals surface area (Å²) in [4.78, 5) is 11.9. The van der Waals surface area contributed by atoms with Gasteiger partial charge in [0, 0.05) is 6.04 Å². The Kier molecular flexibility index (Phi) is 5.00. The van der Waals surface area contributed by atoms with Gasteiger partial charge in [-0.25, -0.2) is 10.1 Å². The van der Waals surface area contributed by atoms with Gasteiger partial charge in [-0.15, -0.1) is 0 Å². The fourth-order valence-electron chi connectivity index (χ4n) is 4.34. The van der Waals surface area contributed by atoms with Crippen molar-refractivity contribution in [3.63, 3.8) is 0 Å².